The molecule has 0 radical (unpaired) electrons. The molecule has 4 rings (SSSR count). The molecule has 0 spiro atoms. The van der Waals surface area contributed by atoms with E-state index in [-0.39, 0.29) is 0 Å². The highest BCUT2D eigenvalue weighted by atomic mass is 79.9. The van der Waals surface area contributed by atoms with Crippen molar-refractivity contribution in [2.75, 3.05) is 18.0 Å². The van der Waals surface area contributed by atoms with E-state index in [1.165, 1.54) is 23.5 Å². The molecule has 152 valence electrons. The summed E-state index contributed by atoms with van der Waals surface area (Å²) in [5, 5.41) is 2.03. The number of hydrogen-bond acceptors (Lipinski definition) is 5. The first-order valence-electron chi connectivity index (χ1n) is 9.00. The van der Waals surface area contributed by atoms with Gasteiger partial charge in [0.25, 0.3) is 0 Å². The fourth-order valence-electron chi connectivity index (χ4n) is 3.46. The average molecular weight is 499 g/mol. The summed E-state index contributed by atoms with van der Waals surface area (Å²) in [5.74, 6) is -1.29. The number of anilines is 1. The normalized spacial score (nSPS) is 15.6. The van der Waals surface area contributed by atoms with Crippen molar-refractivity contribution in [3.8, 4) is 11.3 Å². The summed E-state index contributed by atoms with van der Waals surface area (Å²) in [6, 6.07) is 10.2. The van der Waals surface area contributed by atoms with Gasteiger partial charge in [-0.05, 0) is 53.0 Å². The van der Waals surface area contributed by atoms with Crippen LogP contribution in [0.4, 0.5) is 13.9 Å². The van der Waals surface area contributed by atoms with E-state index in [1.807, 2.05) is 4.90 Å². The molecule has 1 saturated heterocycles. The van der Waals surface area contributed by atoms with Gasteiger partial charge in [-0.3, -0.25) is 0 Å². The van der Waals surface area contributed by atoms with Crippen LogP contribution in [-0.2, 0) is 9.84 Å². The van der Waals surface area contributed by atoms with E-state index in [1.54, 1.807) is 29.6 Å². The maximum Gasteiger partial charge on any atom is 0.185 e. The van der Waals surface area contributed by atoms with Crippen LogP contribution >= 0.6 is 27.3 Å². The van der Waals surface area contributed by atoms with Crippen LogP contribution in [0.15, 0.2) is 57.2 Å². The zero-order valence-electron chi connectivity index (χ0n) is 15.2. The number of benzene rings is 2. The number of nitrogens with zero attached hydrogens (tertiary/aromatic N) is 2. The van der Waals surface area contributed by atoms with Crippen molar-refractivity contribution in [1.29, 1.82) is 0 Å². The number of hydrogen-bond donors (Lipinski definition) is 0. The first-order valence-corrected chi connectivity index (χ1v) is 12.2. The van der Waals surface area contributed by atoms with Gasteiger partial charge in [0.2, 0.25) is 0 Å². The topological polar surface area (TPSA) is 50.3 Å². The van der Waals surface area contributed by atoms with Gasteiger partial charge in [0.15, 0.2) is 15.0 Å². The predicted octanol–water partition coefficient (Wildman–Crippen LogP) is 5.29. The Morgan fingerprint density at radius 3 is 2.38 bits per heavy atom. The molecule has 0 N–H and O–H groups in total. The lowest BCUT2D eigenvalue weighted by Crippen LogP contribution is -2.39. The van der Waals surface area contributed by atoms with Crippen molar-refractivity contribution >= 4 is 42.2 Å². The third kappa shape index (κ3) is 4.22. The van der Waals surface area contributed by atoms with Crippen LogP contribution in [0, 0.1) is 11.6 Å². The van der Waals surface area contributed by atoms with Crippen molar-refractivity contribution in [2.24, 2.45) is 0 Å². The molecule has 0 amide bonds. The summed E-state index contributed by atoms with van der Waals surface area (Å²) in [6.07, 6.45) is 0.986. The van der Waals surface area contributed by atoms with Gasteiger partial charge in [-0.15, -0.1) is 11.3 Å². The first-order chi connectivity index (χ1) is 13.8. The summed E-state index contributed by atoms with van der Waals surface area (Å²) in [6.45, 7) is 1.11. The van der Waals surface area contributed by atoms with Gasteiger partial charge in [-0.25, -0.2) is 22.2 Å². The zero-order chi connectivity index (χ0) is 20.6. The minimum atomic E-state index is -3.42. The summed E-state index contributed by atoms with van der Waals surface area (Å²) < 4.78 is 53.4. The fourth-order valence-corrected chi connectivity index (χ4v) is 7.11. The summed E-state index contributed by atoms with van der Waals surface area (Å²) in [7, 11) is -3.42. The lowest BCUT2D eigenvalue weighted by atomic mass is 10.1. The molecule has 0 unspecified atom stereocenters. The number of thiazole rings is 1. The van der Waals surface area contributed by atoms with E-state index >= 15 is 0 Å². The molecule has 29 heavy (non-hydrogen) atoms. The van der Waals surface area contributed by atoms with Crippen LogP contribution in [0.2, 0.25) is 0 Å². The Balaban J connectivity index is 1.48. The smallest absolute Gasteiger partial charge is 0.185 e. The molecular weight excluding hydrogens is 482 g/mol. The van der Waals surface area contributed by atoms with Crippen molar-refractivity contribution in [3.05, 3.63) is 64.0 Å². The van der Waals surface area contributed by atoms with Gasteiger partial charge in [0, 0.05) is 34.6 Å². The molecule has 1 fully saturated rings. The van der Waals surface area contributed by atoms with E-state index in [0.29, 0.717) is 46.6 Å². The molecule has 4 nitrogen and oxygen atoms in total. The zero-order valence-corrected chi connectivity index (χ0v) is 18.4. The highest BCUT2D eigenvalue weighted by Crippen LogP contribution is 2.33. The largest absolute Gasteiger partial charge is 0.348 e. The van der Waals surface area contributed by atoms with Gasteiger partial charge in [-0.1, -0.05) is 12.1 Å². The maximum atomic E-state index is 13.5. The number of piperidine rings is 1. The van der Waals surface area contributed by atoms with Crippen LogP contribution < -0.4 is 4.90 Å². The molecule has 1 aromatic heterocycles. The molecule has 0 bridgehead atoms. The van der Waals surface area contributed by atoms with E-state index < -0.39 is 26.7 Å². The minimum absolute atomic E-state index is 0.322. The predicted molar refractivity (Wildman–Crippen MR) is 114 cm³/mol. The third-order valence-corrected chi connectivity index (χ3v) is 9.12. The first kappa shape index (κ1) is 20.4. The maximum absolute atomic E-state index is 13.5. The van der Waals surface area contributed by atoms with Gasteiger partial charge < -0.3 is 4.90 Å². The molecule has 0 saturated carbocycles. The fraction of sp³-hybridized carbons (Fsp3) is 0.250. The Bertz CT molecular complexity index is 1120. The van der Waals surface area contributed by atoms with Crippen molar-refractivity contribution in [3.63, 3.8) is 0 Å². The van der Waals surface area contributed by atoms with Crippen molar-refractivity contribution < 1.29 is 17.2 Å². The van der Waals surface area contributed by atoms with Crippen LogP contribution in [-0.4, -0.2) is 31.7 Å². The molecule has 0 atom stereocenters. The standard InChI is InChI=1S/C20H17BrF2N2O2S2/c21-17-3-1-2-4-19(17)29(26,27)16-5-7-25(8-6-16)20-24-18(12-28-20)13-9-14(22)11-15(23)10-13/h1-4,9-12,16H,5-8H2. The second-order valence-electron chi connectivity index (χ2n) is 6.84. The average Bonchev–Trinajstić information content (AvgIpc) is 3.18. The Labute approximate surface area is 180 Å². The van der Waals surface area contributed by atoms with Crippen LogP contribution in [0.3, 0.4) is 0 Å². The van der Waals surface area contributed by atoms with Crippen LogP contribution in [0.1, 0.15) is 12.8 Å². The van der Waals surface area contributed by atoms with Gasteiger partial charge in [0.1, 0.15) is 11.6 Å². The minimum Gasteiger partial charge on any atom is -0.348 e. The van der Waals surface area contributed by atoms with E-state index in [2.05, 4.69) is 20.9 Å². The number of aromatic nitrogens is 1. The number of halogens is 3. The van der Waals surface area contributed by atoms with Gasteiger partial charge in [0.05, 0.1) is 15.8 Å². The molecule has 0 aliphatic carbocycles. The molecule has 2 heterocycles. The van der Waals surface area contributed by atoms with Crippen LogP contribution in [0.5, 0.6) is 0 Å². The molecule has 1 aliphatic heterocycles. The number of sulfone groups is 1. The highest BCUT2D eigenvalue weighted by Gasteiger charge is 2.33. The molecule has 1 aliphatic rings. The van der Waals surface area contributed by atoms with E-state index in [0.717, 1.165) is 11.2 Å². The van der Waals surface area contributed by atoms with Crippen molar-refractivity contribution in [2.45, 2.75) is 23.0 Å². The lowest BCUT2D eigenvalue weighted by Gasteiger charge is -2.31. The molecule has 2 aromatic carbocycles. The molecule has 3 aromatic rings. The Hall–Kier alpha value is -1.84. The number of rotatable bonds is 4. The Kier molecular flexibility index (Phi) is 5.72. The van der Waals surface area contributed by atoms with E-state index in [4.69, 9.17) is 0 Å². The Morgan fingerprint density at radius 2 is 1.72 bits per heavy atom. The highest BCUT2D eigenvalue weighted by molar-refractivity contribution is 9.10. The summed E-state index contributed by atoms with van der Waals surface area (Å²) >= 11 is 4.71. The summed E-state index contributed by atoms with van der Waals surface area (Å²) in [5.41, 5.74) is 0.891. The quantitative estimate of drug-likeness (QED) is 0.490. The summed E-state index contributed by atoms with van der Waals surface area (Å²) in [4.78, 5) is 6.85. The van der Waals surface area contributed by atoms with Gasteiger partial charge in [-0.2, -0.15) is 0 Å². The van der Waals surface area contributed by atoms with Gasteiger partial charge >= 0.3 is 0 Å². The molecular formula is C20H17BrF2N2O2S2. The second kappa shape index (κ2) is 8.12. The second-order valence-corrected chi connectivity index (χ2v) is 10.7. The lowest BCUT2D eigenvalue weighted by molar-refractivity contribution is 0.529. The van der Waals surface area contributed by atoms with E-state index in [9.17, 15) is 17.2 Å². The molecule has 9 heteroatoms. The third-order valence-electron chi connectivity index (χ3n) is 4.94. The van der Waals surface area contributed by atoms with Crippen molar-refractivity contribution in [1.82, 2.24) is 4.98 Å². The SMILES string of the molecule is O=S(=O)(c1ccccc1Br)C1CCN(c2nc(-c3cc(F)cc(F)c3)cs2)CC1. The Morgan fingerprint density at radius 1 is 1.07 bits per heavy atom. The monoisotopic (exact) mass is 498 g/mol. The van der Waals surface area contributed by atoms with Crippen LogP contribution in [0.25, 0.3) is 11.3 Å².